The highest BCUT2D eigenvalue weighted by molar-refractivity contribution is 6.42. The molecule has 20 aromatic rings. The third-order valence-corrected chi connectivity index (χ3v) is 28.5. The van der Waals surface area contributed by atoms with Crippen LogP contribution in [0.15, 0.2) is 359 Å². The van der Waals surface area contributed by atoms with E-state index in [1.54, 1.807) is 182 Å². The Kier molecular flexibility index (Phi) is 30.8. The van der Waals surface area contributed by atoms with Gasteiger partial charge in [0.15, 0.2) is 5.60 Å². The van der Waals surface area contributed by atoms with Gasteiger partial charge >= 0.3 is 0 Å². The van der Waals surface area contributed by atoms with Crippen molar-refractivity contribution in [3.05, 3.63) is 547 Å². The Hall–Kier alpha value is -11.2. The molecule has 28 heteroatoms. The van der Waals surface area contributed by atoms with E-state index in [-0.39, 0.29) is 11.0 Å². The van der Waals surface area contributed by atoms with Gasteiger partial charge in [0.2, 0.25) is 0 Å². The minimum atomic E-state index is -1.55. The maximum Gasteiger partial charge on any atom is 0.156 e. The van der Waals surface area contributed by atoms with E-state index in [2.05, 4.69) is 39.9 Å². The topological polar surface area (TPSA) is 189 Å². The summed E-state index contributed by atoms with van der Waals surface area (Å²) in [4.78, 5) is 35.1. The summed E-state index contributed by atoms with van der Waals surface area (Å²) in [5.41, 5.74) is 10.3. The average molecular weight is 2110 g/mol. The summed E-state index contributed by atoms with van der Waals surface area (Å²) in [5, 5.41) is 58.0. The van der Waals surface area contributed by atoms with E-state index >= 15 is 0 Å². The number of rotatable bonds is 20. The van der Waals surface area contributed by atoms with Gasteiger partial charge in [0.1, 0.15) is 43.2 Å². The zero-order valence-electron chi connectivity index (χ0n) is 72.9. The predicted octanol–water partition coefficient (Wildman–Crippen LogP) is 30.6. The van der Waals surface area contributed by atoms with Crippen molar-refractivity contribution < 1.29 is 24.8 Å². The molecule has 0 amide bonds. The smallest absolute Gasteiger partial charge is 0.156 e. The molecule has 0 saturated carbocycles. The molecule has 0 aliphatic heterocycles. The molecule has 13 nitrogen and oxygen atoms in total. The first-order valence-corrected chi connectivity index (χ1v) is 48.3. The number of aromatic nitrogens is 9. The number of pyridine rings is 7. The van der Waals surface area contributed by atoms with Gasteiger partial charge in [-0.25, -0.2) is 29.3 Å². The van der Waals surface area contributed by atoms with E-state index in [4.69, 9.17) is 162 Å². The Bertz CT molecular complexity index is 7700. The first kappa shape index (κ1) is 99.3. The van der Waals surface area contributed by atoms with E-state index in [1.165, 1.54) is 12.1 Å². The molecule has 4 unspecified atom stereocenters. The lowest BCUT2D eigenvalue weighted by Crippen LogP contribution is -2.31. The van der Waals surface area contributed by atoms with Gasteiger partial charge in [-0.1, -0.05) is 320 Å². The third-order valence-electron chi connectivity index (χ3n) is 24.0. The number of nitrogens with zero attached hydrogens (tertiary/aromatic N) is 9. The van der Waals surface area contributed by atoms with E-state index in [9.17, 15) is 24.8 Å². The second kappa shape index (κ2) is 43.1. The zero-order chi connectivity index (χ0) is 97.6. The van der Waals surface area contributed by atoms with Gasteiger partial charge in [-0.15, -0.1) is 0 Å². The van der Waals surface area contributed by atoms with Crippen LogP contribution in [0.3, 0.4) is 0 Å². The fourth-order valence-electron chi connectivity index (χ4n) is 16.9. The largest absolute Gasteiger partial charge is 0.376 e. The van der Waals surface area contributed by atoms with Crippen LogP contribution < -0.4 is 0 Å². The quantitative estimate of drug-likeness (QED) is 0.0529. The van der Waals surface area contributed by atoms with Crippen molar-refractivity contribution in [1.29, 1.82) is 0 Å². The van der Waals surface area contributed by atoms with Gasteiger partial charge in [-0.3, -0.25) is 15.0 Å². The molecule has 4 N–H and O–H groups in total. The molecule has 0 spiro atoms. The zero-order valence-corrected chi connectivity index (χ0v) is 83.5. The van der Waals surface area contributed by atoms with E-state index in [1.807, 2.05) is 177 Å². The average Bonchev–Trinajstić information content (AvgIpc) is 1.74. The van der Waals surface area contributed by atoms with Gasteiger partial charge in [-0.2, -0.15) is 0 Å². The number of hydrogen-bond acceptors (Lipinski definition) is 12. The highest BCUT2D eigenvalue weighted by Gasteiger charge is 2.41. The monoisotopic (exact) mass is 2110 g/mol. The molecule has 20 rings (SSSR count). The molecule has 8 heterocycles. The van der Waals surface area contributed by atoms with Crippen LogP contribution in [0, 0.1) is 5.82 Å². The SMILES string of the molecule is Cn1cncc1C(O)(c1ccc(Cl)cc1)c1ccc2nc(Cl)c(Cc3ccccc3)c(Cl)c2c1.OC(c1cccnc1)(c1cccc(Cl)c1)c1ccc2nc(Cl)c(Cc3ccc(Cl)cc3)c(Cl)c2c1.OC(c1cccnc1)(c1cccc(Cl)c1)c1ccc2nc(Cl)c(Cc3ccc(F)cc3)c(Cl)c2c1.OC(c1cccnc1)(c1cccc(Cl)c1)c1ccc2nc(Cl)c(Cc3cccc(Cl)c3)c(Cl)c2c1. The van der Waals surface area contributed by atoms with Crippen molar-refractivity contribution in [3.63, 3.8) is 0 Å². The summed E-state index contributed by atoms with van der Waals surface area (Å²) in [6.07, 6.45) is 15.1. The predicted molar refractivity (Wildman–Crippen MR) is 564 cm³/mol. The van der Waals surface area contributed by atoms with Gasteiger partial charge in [0.05, 0.1) is 60.4 Å². The molecule has 0 radical (unpaired) electrons. The summed E-state index contributed by atoms with van der Waals surface area (Å²) in [7, 11) is 1.84. The number of halogens is 15. The number of hydrogen-bond donors (Lipinski definition) is 4. The molecule has 139 heavy (non-hydrogen) atoms. The molecule has 0 saturated heterocycles. The number of imidazole rings is 1. The lowest BCUT2D eigenvalue weighted by atomic mass is 9.80. The first-order chi connectivity index (χ1) is 66.9. The van der Waals surface area contributed by atoms with Crippen molar-refractivity contribution in [1.82, 2.24) is 44.4 Å². The van der Waals surface area contributed by atoms with Gasteiger partial charge in [0.25, 0.3) is 0 Å². The first-order valence-electron chi connectivity index (χ1n) is 43.0. The van der Waals surface area contributed by atoms with Crippen LogP contribution >= 0.6 is 162 Å². The maximum atomic E-state index is 13.4. The van der Waals surface area contributed by atoms with Crippen LogP contribution in [0.1, 0.15) is 111 Å². The lowest BCUT2D eigenvalue weighted by molar-refractivity contribution is 0.117. The summed E-state index contributed by atoms with van der Waals surface area (Å²) in [6, 6.07) is 92.2. The van der Waals surface area contributed by atoms with Crippen LogP contribution in [-0.4, -0.2) is 64.9 Å². The molecule has 0 aliphatic rings. The number of aliphatic hydroxyl groups is 4. The molecule has 692 valence electrons. The van der Waals surface area contributed by atoms with Crippen molar-refractivity contribution in [2.75, 3.05) is 0 Å². The summed E-state index contributed by atoms with van der Waals surface area (Å²) in [5.74, 6) is -0.317. The van der Waals surface area contributed by atoms with Crippen molar-refractivity contribution >= 4 is 206 Å². The molecule has 4 atom stereocenters. The Morgan fingerprint density at radius 3 is 0.863 bits per heavy atom. The number of aryl methyl sites for hydroxylation is 1. The van der Waals surface area contributed by atoms with E-state index in [0.29, 0.717) is 219 Å². The van der Waals surface area contributed by atoms with Crippen LogP contribution in [0.5, 0.6) is 0 Å². The maximum absolute atomic E-state index is 13.4. The minimum absolute atomic E-state index is 0.275. The summed E-state index contributed by atoms with van der Waals surface area (Å²) in [6.45, 7) is 0. The Balaban J connectivity index is 0.000000128. The van der Waals surface area contributed by atoms with Crippen LogP contribution in [-0.2, 0) is 55.1 Å². The summed E-state index contributed by atoms with van der Waals surface area (Å²) < 4.78 is 15.1. The standard InChI is InChI=1S/2C28H18Cl4N2O.C28H18Cl3FN2O.C27H20Cl3N3O/c29-21-7-1-4-17(12-21)13-24-26(31)23-15-19(9-10-25(23)34-27(24)32)28(35,20-6-3-11-33-16-20)18-5-2-8-22(30)14-18;29-21-9-6-17(7-10-21)13-24-26(31)23-15-19(8-11-25(23)34-27(24)32)28(35,20-4-2-12-33-16-20)18-3-1-5-22(30)14-18;29-21-5-1-3-18(14-21)28(35,20-4-2-12-33-16-20)19-8-11-25-23(15-19)26(30)24(27(31)34-25)13-17-6-9-22(32)10-7-17;1-33-16-31-15-24(33)27(34,18-7-10-20(28)11-8-18)19-9-12-23-21(14-19)25(29)22(26(30)32-23)13-17-5-3-2-4-6-17/h3*1-12,14-16,35H,13H2;2-12,14-16,34H,13H2,1H3. The van der Waals surface area contributed by atoms with Gasteiger partial charge in [-0.05, 0) is 218 Å². The third kappa shape index (κ3) is 21.2. The van der Waals surface area contributed by atoms with Gasteiger partial charge in [0, 0.05) is 161 Å². The van der Waals surface area contributed by atoms with Crippen molar-refractivity contribution in [2.24, 2.45) is 7.05 Å². The second-order valence-electron chi connectivity index (χ2n) is 32.8. The fourth-order valence-corrected chi connectivity index (χ4v) is 20.4. The molecular formula is C111H74Cl14FN9O4. The van der Waals surface area contributed by atoms with Crippen LogP contribution in [0.25, 0.3) is 43.6 Å². The molecule has 0 bridgehead atoms. The second-order valence-corrected chi connectivity index (χ2v) is 38.3. The Morgan fingerprint density at radius 2 is 0.540 bits per heavy atom. The molecule has 0 fully saturated rings. The Labute approximate surface area is 869 Å². The van der Waals surface area contributed by atoms with Crippen LogP contribution in [0.4, 0.5) is 4.39 Å². The number of benzene rings is 12. The highest BCUT2D eigenvalue weighted by Crippen LogP contribution is 2.48. The van der Waals surface area contributed by atoms with Gasteiger partial charge < -0.3 is 25.0 Å². The normalized spacial score (nSPS) is 13.1. The summed E-state index contributed by atoms with van der Waals surface area (Å²) >= 11 is 90.8. The van der Waals surface area contributed by atoms with Crippen molar-refractivity contribution in [3.8, 4) is 0 Å². The molecule has 0 aliphatic carbocycles. The minimum Gasteiger partial charge on any atom is -0.376 e. The van der Waals surface area contributed by atoms with Crippen LogP contribution in [0.2, 0.25) is 70.8 Å². The molecular weight excluding hydrogens is 2040 g/mol. The van der Waals surface area contributed by atoms with E-state index < -0.39 is 22.4 Å². The fraction of sp³-hybridized carbons (Fsp3) is 0.0811. The highest BCUT2D eigenvalue weighted by atomic mass is 35.5. The van der Waals surface area contributed by atoms with E-state index in [0.717, 1.165) is 27.8 Å². The number of fused-ring (bicyclic) bond motifs is 4. The lowest BCUT2D eigenvalue weighted by Gasteiger charge is -2.30. The Morgan fingerprint density at radius 1 is 0.252 bits per heavy atom. The molecule has 12 aromatic carbocycles. The van der Waals surface area contributed by atoms with Crippen molar-refractivity contribution in [2.45, 2.75) is 48.1 Å². The molecule has 8 aromatic heterocycles.